The molecule has 3 fully saturated rings. The van der Waals surface area contributed by atoms with Crippen LogP contribution in [0.2, 0.25) is 0 Å². The number of carbonyl (C=O) groups is 1. The summed E-state index contributed by atoms with van der Waals surface area (Å²) in [6, 6.07) is 0. The predicted octanol–water partition coefficient (Wildman–Crippen LogP) is 3.05. The maximum Gasteiger partial charge on any atom is 0.226 e. The summed E-state index contributed by atoms with van der Waals surface area (Å²) in [5, 5.41) is 2.03. The van der Waals surface area contributed by atoms with Gasteiger partial charge in [-0.1, -0.05) is 24.6 Å². The topological polar surface area (TPSA) is 69.3 Å². The molecule has 6 aliphatic rings. The van der Waals surface area contributed by atoms with Gasteiger partial charge in [0.1, 0.15) is 12.2 Å². The second kappa shape index (κ2) is 6.76. The Kier molecular flexibility index (Phi) is 4.45. The zero-order chi connectivity index (χ0) is 22.4. The van der Waals surface area contributed by atoms with Gasteiger partial charge < -0.3 is 24.4 Å². The molecule has 0 aromatic heterocycles. The number of hydrogen-bond donors (Lipinski definition) is 1. The van der Waals surface area contributed by atoms with Gasteiger partial charge in [0.15, 0.2) is 19.4 Å². The summed E-state index contributed by atoms with van der Waals surface area (Å²) in [6.07, 6.45) is 10.6. The zero-order valence-electron chi connectivity index (χ0n) is 19.5. The third kappa shape index (κ3) is 2.46. The molecule has 1 saturated carbocycles. The quantitative estimate of drug-likeness (QED) is 0.521. The van der Waals surface area contributed by atoms with Crippen LogP contribution in [0.1, 0.15) is 46.0 Å². The minimum Gasteiger partial charge on any atom is -0.350 e. The first-order valence-electron chi connectivity index (χ1n) is 11.8. The number of hydrazine groups is 1. The van der Waals surface area contributed by atoms with Gasteiger partial charge in [-0.05, 0) is 56.1 Å². The van der Waals surface area contributed by atoms with Crippen LogP contribution in [-0.4, -0.2) is 56.5 Å². The molecule has 6 atom stereocenters. The fourth-order valence-corrected chi connectivity index (χ4v) is 8.02. The molecule has 4 aliphatic carbocycles. The van der Waals surface area contributed by atoms with E-state index in [9.17, 15) is 4.79 Å². The van der Waals surface area contributed by atoms with Gasteiger partial charge in [0.2, 0.25) is 5.79 Å². The molecule has 6 rings (SSSR count). The molecule has 0 aromatic rings. The second-order valence-electron chi connectivity index (χ2n) is 11.0. The van der Waals surface area contributed by atoms with Gasteiger partial charge in [-0.15, -0.1) is 0 Å². The van der Waals surface area contributed by atoms with Gasteiger partial charge >= 0.3 is 0 Å². The van der Waals surface area contributed by atoms with Crippen molar-refractivity contribution in [1.29, 1.82) is 0 Å². The zero-order valence-corrected chi connectivity index (χ0v) is 19.5. The van der Waals surface area contributed by atoms with E-state index in [0.717, 1.165) is 25.7 Å². The molecular weight excluding hydrogens is 408 g/mol. The molecule has 7 nitrogen and oxygen atoms in total. The Labute approximate surface area is 189 Å². The maximum atomic E-state index is 12.2. The monoisotopic (exact) mass is 442 g/mol. The van der Waals surface area contributed by atoms with Crippen molar-refractivity contribution in [2.75, 3.05) is 34.3 Å². The number of nitrogens with one attached hydrogen (secondary N) is 1. The number of allylic oxidation sites excluding steroid dienone is 6. The largest absolute Gasteiger partial charge is 0.350 e. The Morgan fingerprint density at radius 3 is 2.72 bits per heavy atom. The third-order valence-electron chi connectivity index (χ3n) is 9.32. The van der Waals surface area contributed by atoms with Crippen molar-refractivity contribution in [3.05, 3.63) is 35.1 Å². The highest BCUT2D eigenvalue weighted by molar-refractivity contribution is 5.94. The van der Waals surface area contributed by atoms with Crippen molar-refractivity contribution < 1.29 is 23.7 Å². The van der Waals surface area contributed by atoms with E-state index in [1.54, 1.807) is 6.08 Å². The van der Waals surface area contributed by atoms with E-state index in [-0.39, 0.29) is 30.2 Å². The van der Waals surface area contributed by atoms with Crippen LogP contribution in [0, 0.1) is 22.7 Å². The lowest BCUT2D eigenvalue weighted by Gasteiger charge is -2.56. The van der Waals surface area contributed by atoms with Gasteiger partial charge in [0.25, 0.3) is 0 Å². The molecule has 2 saturated heterocycles. The molecule has 1 unspecified atom stereocenters. The summed E-state index contributed by atoms with van der Waals surface area (Å²) in [7, 11) is 4.07. The summed E-state index contributed by atoms with van der Waals surface area (Å²) in [6.45, 7) is 5.58. The summed E-state index contributed by atoms with van der Waals surface area (Å²) >= 11 is 0. The van der Waals surface area contributed by atoms with Gasteiger partial charge in [-0.3, -0.25) is 4.79 Å². The van der Waals surface area contributed by atoms with Crippen LogP contribution in [0.15, 0.2) is 35.1 Å². The maximum absolute atomic E-state index is 12.2. The fraction of sp³-hybridized carbons (Fsp3) is 0.720. The Hall–Kier alpha value is -1.51. The smallest absolute Gasteiger partial charge is 0.226 e. The molecular formula is C25H34N2O5. The number of rotatable bonds is 2. The molecule has 0 bridgehead atoms. The summed E-state index contributed by atoms with van der Waals surface area (Å²) in [5.74, 6) is 0.195. The van der Waals surface area contributed by atoms with Crippen LogP contribution >= 0.6 is 0 Å². The lowest BCUT2D eigenvalue weighted by atomic mass is 9.51. The molecule has 174 valence electrons. The Morgan fingerprint density at radius 1 is 1.16 bits per heavy atom. The highest BCUT2D eigenvalue weighted by Crippen LogP contribution is 2.70. The third-order valence-corrected chi connectivity index (χ3v) is 9.32. The molecule has 32 heavy (non-hydrogen) atoms. The lowest BCUT2D eigenvalue weighted by molar-refractivity contribution is -0.241. The molecule has 2 heterocycles. The number of hydrogen-bond acceptors (Lipinski definition) is 7. The first kappa shape index (κ1) is 21.1. The molecule has 0 aromatic carbocycles. The summed E-state index contributed by atoms with van der Waals surface area (Å²) < 4.78 is 24.5. The van der Waals surface area contributed by atoms with Crippen molar-refractivity contribution in [3.8, 4) is 0 Å². The molecule has 0 radical (unpaired) electrons. The molecule has 2 spiro atoms. The van der Waals surface area contributed by atoms with E-state index in [4.69, 9.17) is 18.9 Å². The van der Waals surface area contributed by atoms with Crippen LogP contribution in [0.3, 0.4) is 0 Å². The van der Waals surface area contributed by atoms with Crippen LogP contribution in [0.5, 0.6) is 0 Å². The van der Waals surface area contributed by atoms with Crippen LogP contribution < -0.4 is 5.43 Å². The molecule has 7 heteroatoms. The van der Waals surface area contributed by atoms with Crippen LogP contribution in [0.4, 0.5) is 0 Å². The van der Waals surface area contributed by atoms with E-state index in [2.05, 4.69) is 31.4 Å². The number of carbonyl (C=O) groups excluding carboxylic acids is 1. The summed E-state index contributed by atoms with van der Waals surface area (Å²) in [5.41, 5.74) is 6.69. The first-order chi connectivity index (χ1) is 15.2. The van der Waals surface area contributed by atoms with E-state index >= 15 is 0 Å². The van der Waals surface area contributed by atoms with Gasteiger partial charge in [0, 0.05) is 37.0 Å². The molecule has 0 amide bonds. The van der Waals surface area contributed by atoms with Gasteiger partial charge in [-0.2, -0.15) is 0 Å². The van der Waals surface area contributed by atoms with Gasteiger partial charge in [-0.25, -0.2) is 5.01 Å². The van der Waals surface area contributed by atoms with E-state index in [1.165, 1.54) is 16.8 Å². The van der Waals surface area contributed by atoms with E-state index in [1.807, 2.05) is 19.1 Å². The highest BCUT2D eigenvalue weighted by Gasteiger charge is 2.75. The van der Waals surface area contributed by atoms with E-state index in [0.29, 0.717) is 24.9 Å². The number of ether oxygens (including phenoxy) is 4. The Bertz CT molecular complexity index is 942. The normalized spacial score (nSPS) is 47.3. The van der Waals surface area contributed by atoms with Crippen molar-refractivity contribution in [2.24, 2.45) is 22.7 Å². The summed E-state index contributed by atoms with van der Waals surface area (Å²) in [4.78, 5) is 12.2. The average Bonchev–Trinajstić information content (AvgIpc) is 3.43. The second-order valence-corrected chi connectivity index (χ2v) is 11.0. The standard InChI is InChI=1S/C25H34N2O5/c1-22-9-7-17(28)11-16(22)5-6-18-19-8-10-24(25(32-15-30-24)13-29-14-31-25)23(19,2)12-20(21(18)22)26-27(3)4/h5,7,9,18-19,26H,6,8,10-15H2,1-4H3/t18-,19-,22-,23-,24+,25?/m0/s1. The number of nitrogens with zero attached hydrogens (tertiary/aromatic N) is 1. The Morgan fingerprint density at radius 2 is 1.97 bits per heavy atom. The van der Waals surface area contributed by atoms with Crippen LogP contribution in [-0.2, 0) is 23.7 Å². The fourth-order valence-electron chi connectivity index (χ4n) is 8.02. The first-order valence-corrected chi connectivity index (χ1v) is 11.8. The van der Waals surface area contributed by atoms with Gasteiger partial charge in [0.05, 0.1) is 0 Å². The highest BCUT2D eigenvalue weighted by atomic mass is 16.9. The molecule has 1 N–H and O–H groups in total. The van der Waals surface area contributed by atoms with Crippen molar-refractivity contribution >= 4 is 5.78 Å². The van der Waals surface area contributed by atoms with Crippen molar-refractivity contribution in [1.82, 2.24) is 10.4 Å². The van der Waals surface area contributed by atoms with E-state index < -0.39 is 11.4 Å². The molecule has 2 aliphatic heterocycles. The lowest BCUT2D eigenvalue weighted by Crippen LogP contribution is -2.63. The Balaban J connectivity index is 1.51. The van der Waals surface area contributed by atoms with Crippen LogP contribution in [0.25, 0.3) is 0 Å². The van der Waals surface area contributed by atoms with Crippen molar-refractivity contribution in [3.63, 3.8) is 0 Å². The predicted molar refractivity (Wildman–Crippen MR) is 117 cm³/mol. The average molecular weight is 443 g/mol. The minimum atomic E-state index is -0.825. The SMILES string of the molecule is CN(C)NC1=C2[C@@H](CC=C3CC(=O)C=C[C@@]32C)[C@@H]2CC[C@@]3(OCOC34COCO4)[C@@]2(C)C1. The van der Waals surface area contributed by atoms with Crippen molar-refractivity contribution in [2.45, 2.75) is 57.3 Å². The minimum absolute atomic E-state index is 0.167. The number of fused-ring (bicyclic) bond motifs is 7. The number of ketones is 1.